The van der Waals surface area contributed by atoms with E-state index in [9.17, 15) is 13.2 Å². The molecule has 7 heteroatoms. The van der Waals surface area contributed by atoms with Crippen LogP contribution in [0.25, 0.3) is 0 Å². The van der Waals surface area contributed by atoms with E-state index in [0.29, 0.717) is 30.9 Å². The van der Waals surface area contributed by atoms with Crippen molar-refractivity contribution in [2.45, 2.75) is 31.6 Å². The molecular weight excluding hydrogens is 314 g/mol. The molecule has 0 saturated carbocycles. The number of carbonyl (C=O) groups is 1. The molecule has 0 aliphatic carbocycles. The fourth-order valence-corrected chi connectivity index (χ4v) is 2.45. The fourth-order valence-electron chi connectivity index (χ4n) is 1.68. The Morgan fingerprint density at radius 1 is 1.33 bits per heavy atom. The number of benzene rings is 1. The van der Waals surface area contributed by atoms with Crippen molar-refractivity contribution in [2.24, 2.45) is 0 Å². The molecule has 0 bridgehead atoms. The lowest BCUT2D eigenvalue weighted by molar-refractivity contribution is 0.0912. The molecule has 0 heterocycles. The van der Waals surface area contributed by atoms with Crippen LogP contribution in [0.3, 0.4) is 0 Å². The number of hydrogen-bond acceptors (Lipinski definition) is 4. The van der Waals surface area contributed by atoms with Crippen molar-refractivity contribution in [3.63, 3.8) is 0 Å². The highest BCUT2D eigenvalue weighted by Gasteiger charge is 2.15. The van der Waals surface area contributed by atoms with Crippen molar-refractivity contribution in [2.75, 3.05) is 19.8 Å². The second-order valence-electron chi connectivity index (χ2n) is 4.64. The molecule has 1 amide bonds. The van der Waals surface area contributed by atoms with Gasteiger partial charge in [-0.2, -0.15) is 0 Å². The molecule has 0 aliphatic rings. The van der Waals surface area contributed by atoms with Gasteiger partial charge in [-0.05, 0) is 31.0 Å². The quantitative estimate of drug-likeness (QED) is 0.586. The maximum atomic E-state index is 12.0. The second kappa shape index (κ2) is 8.36. The Labute approximate surface area is 130 Å². The first-order valence-electron chi connectivity index (χ1n) is 6.77. The Morgan fingerprint density at radius 2 is 2.05 bits per heavy atom. The number of rotatable bonds is 8. The minimum absolute atomic E-state index is 0.0842. The lowest BCUT2D eigenvalue weighted by Crippen LogP contribution is -2.28. The minimum Gasteiger partial charge on any atom is -0.380 e. The van der Waals surface area contributed by atoms with Crippen LogP contribution in [-0.4, -0.2) is 34.1 Å². The Hall–Kier alpha value is -1.11. The predicted octanol–water partition coefficient (Wildman–Crippen LogP) is 2.47. The summed E-state index contributed by atoms with van der Waals surface area (Å²) in [5.74, 6) is -0.339. The normalized spacial score (nSPS) is 11.4. The summed E-state index contributed by atoms with van der Waals surface area (Å²) in [6, 6.07) is 4.22. The van der Waals surface area contributed by atoms with Crippen LogP contribution in [-0.2, 0) is 13.8 Å². The van der Waals surface area contributed by atoms with Crippen molar-refractivity contribution in [3.8, 4) is 0 Å². The Kier molecular flexibility index (Phi) is 7.14. The summed E-state index contributed by atoms with van der Waals surface area (Å²) in [5, 5.41) is 2.69. The molecule has 21 heavy (non-hydrogen) atoms. The molecule has 0 saturated heterocycles. The first kappa shape index (κ1) is 17.9. The zero-order chi connectivity index (χ0) is 15.9. The van der Waals surface area contributed by atoms with E-state index in [4.69, 9.17) is 15.4 Å². The fraction of sp³-hybridized carbons (Fsp3) is 0.500. The summed E-state index contributed by atoms with van der Waals surface area (Å²) in [6.07, 6.45) is 2.05. The Morgan fingerprint density at radius 3 is 2.67 bits per heavy atom. The topological polar surface area (TPSA) is 72.5 Å². The number of ether oxygens (including phenoxy) is 1. The van der Waals surface area contributed by atoms with E-state index in [1.54, 1.807) is 13.0 Å². The molecule has 0 radical (unpaired) electrons. The van der Waals surface area contributed by atoms with Gasteiger partial charge >= 0.3 is 0 Å². The van der Waals surface area contributed by atoms with Gasteiger partial charge in [-0.3, -0.25) is 4.79 Å². The zero-order valence-electron chi connectivity index (χ0n) is 12.2. The summed E-state index contributed by atoms with van der Waals surface area (Å²) >= 11 is 0. The van der Waals surface area contributed by atoms with E-state index in [-0.39, 0.29) is 10.8 Å². The van der Waals surface area contributed by atoms with Gasteiger partial charge < -0.3 is 10.1 Å². The van der Waals surface area contributed by atoms with Crippen LogP contribution in [0.15, 0.2) is 23.1 Å². The molecular formula is C14H20ClNO4S. The van der Waals surface area contributed by atoms with Crippen LogP contribution in [0.2, 0.25) is 0 Å². The van der Waals surface area contributed by atoms with Gasteiger partial charge in [0.25, 0.3) is 15.0 Å². The summed E-state index contributed by atoms with van der Waals surface area (Å²) in [5.41, 5.74) is 0.980. The van der Waals surface area contributed by atoms with E-state index in [2.05, 4.69) is 12.2 Å². The molecule has 0 fully saturated rings. The summed E-state index contributed by atoms with van der Waals surface area (Å²) < 4.78 is 27.9. The number of carbonyl (C=O) groups excluding carboxylic acids is 1. The average Bonchev–Trinajstić information content (AvgIpc) is 2.41. The number of hydrogen-bond donors (Lipinski definition) is 1. The molecule has 5 nitrogen and oxygen atoms in total. The Balaban J connectivity index is 2.62. The monoisotopic (exact) mass is 333 g/mol. The van der Waals surface area contributed by atoms with Gasteiger partial charge in [0.05, 0.1) is 11.5 Å². The van der Waals surface area contributed by atoms with E-state index >= 15 is 0 Å². The molecule has 0 aromatic heterocycles. The summed E-state index contributed by atoms with van der Waals surface area (Å²) in [6.45, 7) is 5.28. The predicted molar refractivity (Wildman–Crippen MR) is 82.3 cm³/mol. The molecule has 1 rings (SSSR count). The largest absolute Gasteiger partial charge is 0.380 e. The first-order chi connectivity index (χ1) is 9.86. The maximum Gasteiger partial charge on any atom is 0.261 e. The molecule has 0 unspecified atom stereocenters. The van der Waals surface area contributed by atoms with E-state index in [0.717, 1.165) is 12.8 Å². The molecule has 1 N–H and O–H groups in total. The number of halogens is 1. The lowest BCUT2D eigenvalue weighted by atomic mass is 10.1. The van der Waals surface area contributed by atoms with Crippen molar-refractivity contribution < 1.29 is 17.9 Å². The molecule has 1 aromatic carbocycles. The maximum absolute atomic E-state index is 12.0. The van der Waals surface area contributed by atoms with Crippen molar-refractivity contribution >= 4 is 25.6 Å². The molecule has 0 atom stereocenters. The molecule has 0 spiro atoms. The van der Waals surface area contributed by atoms with Gasteiger partial charge in [0.2, 0.25) is 0 Å². The highest BCUT2D eigenvalue weighted by atomic mass is 35.7. The smallest absolute Gasteiger partial charge is 0.261 e. The molecule has 0 aliphatic heterocycles. The molecule has 118 valence electrons. The Bertz CT molecular complexity index is 587. The van der Waals surface area contributed by atoms with E-state index < -0.39 is 9.05 Å². The van der Waals surface area contributed by atoms with Crippen LogP contribution in [0.1, 0.15) is 35.7 Å². The lowest BCUT2D eigenvalue weighted by Gasteiger charge is -2.09. The number of aryl methyl sites for hydroxylation is 1. The zero-order valence-corrected chi connectivity index (χ0v) is 13.8. The highest BCUT2D eigenvalue weighted by Crippen LogP contribution is 2.19. The second-order valence-corrected chi connectivity index (χ2v) is 7.20. The number of amides is 1. The van der Waals surface area contributed by atoms with Crippen LogP contribution in [0.5, 0.6) is 0 Å². The van der Waals surface area contributed by atoms with Crippen LogP contribution >= 0.6 is 10.7 Å². The highest BCUT2D eigenvalue weighted by molar-refractivity contribution is 8.13. The van der Waals surface area contributed by atoms with Gasteiger partial charge in [0, 0.05) is 29.4 Å². The minimum atomic E-state index is -3.84. The van der Waals surface area contributed by atoms with Crippen molar-refractivity contribution in [1.82, 2.24) is 5.32 Å². The first-order valence-corrected chi connectivity index (χ1v) is 9.08. The number of nitrogens with one attached hydrogen (secondary N) is 1. The van der Waals surface area contributed by atoms with Gasteiger partial charge in [-0.15, -0.1) is 0 Å². The van der Waals surface area contributed by atoms with Crippen LogP contribution in [0, 0.1) is 6.92 Å². The standard InChI is InChI=1S/C14H20ClNO4S/c1-3-4-8-20-9-7-16-14(17)13-10-12(21(15,18)19)6-5-11(13)2/h5-6,10H,3-4,7-9H2,1-2H3,(H,16,17). The van der Waals surface area contributed by atoms with Crippen molar-refractivity contribution in [3.05, 3.63) is 29.3 Å². The van der Waals surface area contributed by atoms with Crippen LogP contribution in [0.4, 0.5) is 0 Å². The summed E-state index contributed by atoms with van der Waals surface area (Å²) in [7, 11) is 1.44. The van der Waals surface area contributed by atoms with Gasteiger partial charge in [0.1, 0.15) is 0 Å². The number of unbranched alkanes of at least 4 members (excludes halogenated alkanes) is 1. The van der Waals surface area contributed by atoms with Gasteiger partial charge in [0.15, 0.2) is 0 Å². The summed E-state index contributed by atoms with van der Waals surface area (Å²) in [4.78, 5) is 11.9. The van der Waals surface area contributed by atoms with Crippen molar-refractivity contribution in [1.29, 1.82) is 0 Å². The SMILES string of the molecule is CCCCOCCNC(=O)c1cc(S(=O)(=O)Cl)ccc1C. The average molecular weight is 334 g/mol. The third-order valence-electron chi connectivity index (χ3n) is 2.91. The third-order valence-corrected chi connectivity index (χ3v) is 4.26. The van der Waals surface area contributed by atoms with Gasteiger partial charge in [-0.1, -0.05) is 19.4 Å². The molecule has 1 aromatic rings. The van der Waals surface area contributed by atoms with Gasteiger partial charge in [-0.25, -0.2) is 8.42 Å². The van der Waals surface area contributed by atoms with E-state index in [1.165, 1.54) is 12.1 Å². The van der Waals surface area contributed by atoms with E-state index in [1.807, 2.05) is 0 Å². The third kappa shape index (κ3) is 6.03. The van der Waals surface area contributed by atoms with Crippen LogP contribution < -0.4 is 5.32 Å².